The maximum absolute atomic E-state index is 5.72. The second kappa shape index (κ2) is 10.9. The number of ether oxygens (including phenoxy) is 1. The van der Waals surface area contributed by atoms with Gasteiger partial charge in [-0.3, -0.25) is 0 Å². The summed E-state index contributed by atoms with van der Waals surface area (Å²) < 4.78 is 11.4. The normalized spacial score (nSPS) is 11.4. The van der Waals surface area contributed by atoms with E-state index in [4.69, 9.17) is 9.15 Å². The molecule has 1 rings (SSSR count). The summed E-state index contributed by atoms with van der Waals surface area (Å²) in [7, 11) is 0. The Hall–Kier alpha value is -0.800. The molecule has 1 N–H and O–H groups in total. The van der Waals surface area contributed by atoms with Gasteiger partial charge in [-0.15, -0.1) is 0 Å². The van der Waals surface area contributed by atoms with E-state index in [9.17, 15) is 0 Å². The first-order chi connectivity index (χ1) is 9.72. The highest BCUT2D eigenvalue weighted by molar-refractivity contribution is 5.06. The molecule has 0 aliphatic rings. The van der Waals surface area contributed by atoms with Crippen LogP contribution in [0.15, 0.2) is 16.5 Å². The first-order valence-corrected chi connectivity index (χ1v) is 8.08. The van der Waals surface area contributed by atoms with Gasteiger partial charge in [-0.1, -0.05) is 46.5 Å². The van der Waals surface area contributed by atoms with Crippen LogP contribution in [0.25, 0.3) is 0 Å². The fourth-order valence-electron chi connectivity index (χ4n) is 2.06. The summed E-state index contributed by atoms with van der Waals surface area (Å²) in [5, 5.41) is 3.38. The molecule has 0 fully saturated rings. The SMILES string of the molecule is CCCCCCCOCc1ccc(CNCC(C)C)o1. The van der Waals surface area contributed by atoms with Crippen LogP contribution >= 0.6 is 0 Å². The number of rotatable bonds is 12. The zero-order valence-electron chi connectivity index (χ0n) is 13.4. The fourth-order valence-corrected chi connectivity index (χ4v) is 2.06. The lowest BCUT2D eigenvalue weighted by Crippen LogP contribution is -2.18. The van der Waals surface area contributed by atoms with Gasteiger partial charge in [0.1, 0.15) is 18.1 Å². The Morgan fingerprint density at radius 1 is 1.10 bits per heavy atom. The van der Waals surface area contributed by atoms with Gasteiger partial charge in [-0.25, -0.2) is 0 Å². The molecule has 3 heteroatoms. The largest absolute Gasteiger partial charge is 0.462 e. The van der Waals surface area contributed by atoms with Gasteiger partial charge in [0.2, 0.25) is 0 Å². The zero-order chi connectivity index (χ0) is 14.6. The molecule has 0 saturated carbocycles. The molecule has 1 aromatic heterocycles. The van der Waals surface area contributed by atoms with Gasteiger partial charge in [0, 0.05) is 6.61 Å². The minimum Gasteiger partial charge on any atom is -0.462 e. The van der Waals surface area contributed by atoms with Crippen LogP contribution in [0.1, 0.15) is 64.4 Å². The highest BCUT2D eigenvalue weighted by atomic mass is 16.5. The van der Waals surface area contributed by atoms with Crippen LogP contribution in [0.3, 0.4) is 0 Å². The molecule has 0 aliphatic heterocycles. The summed E-state index contributed by atoms with van der Waals surface area (Å²) in [4.78, 5) is 0. The molecule has 0 unspecified atom stereocenters. The molecule has 0 aromatic carbocycles. The van der Waals surface area contributed by atoms with Crippen molar-refractivity contribution in [3.63, 3.8) is 0 Å². The molecule has 0 saturated heterocycles. The maximum atomic E-state index is 5.72. The Bertz CT molecular complexity index is 333. The van der Waals surface area contributed by atoms with Crippen molar-refractivity contribution < 1.29 is 9.15 Å². The van der Waals surface area contributed by atoms with Crippen molar-refractivity contribution in [2.75, 3.05) is 13.2 Å². The summed E-state index contributed by atoms with van der Waals surface area (Å²) in [6, 6.07) is 4.05. The minimum atomic E-state index is 0.595. The quantitative estimate of drug-likeness (QED) is 0.572. The molecule has 0 atom stereocenters. The Morgan fingerprint density at radius 3 is 2.60 bits per heavy atom. The standard InChI is InChI=1S/C17H31NO2/c1-4-5-6-7-8-11-19-14-17-10-9-16(20-17)13-18-12-15(2)3/h9-10,15,18H,4-8,11-14H2,1-3H3. The van der Waals surface area contributed by atoms with Gasteiger partial charge in [0.25, 0.3) is 0 Å². The molecule has 1 aromatic rings. The first kappa shape index (κ1) is 17.3. The molecule has 3 nitrogen and oxygen atoms in total. The van der Waals surface area contributed by atoms with Crippen LogP contribution in [0, 0.1) is 5.92 Å². The van der Waals surface area contributed by atoms with Gasteiger partial charge < -0.3 is 14.5 Å². The monoisotopic (exact) mass is 281 g/mol. The lowest BCUT2D eigenvalue weighted by atomic mass is 10.2. The van der Waals surface area contributed by atoms with E-state index in [0.717, 1.165) is 37.6 Å². The summed E-state index contributed by atoms with van der Waals surface area (Å²) in [5.41, 5.74) is 0. The minimum absolute atomic E-state index is 0.595. The topological polar surface area (TPSA) is 34.4 Å². The number of hydrogen-bond donors (Lipinski definition) is 1. The van der Waals surface area contributed by atoms with E-state index >= 15 is 0 Å². The average Bonchev–Trinajstić information content (AvgIpc) is 2.85. The van der Waals surface area contributed by atoms with E-state index in [0.29, 0.717) is 12.5 Å². The van der Waals surface area contributed by atoms with Crippen LogP contribution in [-0.4, -0.2) is 13.2 Å². The van der Waals surface area contributed by atoms with Crippen molar-refractivity contribution in [2.45, 2.75) is 66.0 Å². The van der Waals surface area contributed by atoms with Crippen LogP contribution in [-0.2, 0) is 17.9 Å². The predicted octanol–water partition coefficient (Wildman–Crippen LogP) is 4.51. The number of unbranched alkanes of at least 4 members (excludes halogenated alkanes) is 4. The third kappa shape index (κ3) is 8.39. The third-order valence-corrected chi connectivity index (χ3v) is 3.21. The summed E-state index contributed by atoms with van der Waals surface area (Å²) in [6.45, 7) is 9.90. The van der Waals surface area contributed by atoms with Crippen molar-refractivity contribution in [3.8, 4) is 0 Å². The van der Waals surface area contributed by atoms with Gasteiger partial charge in [-0.2, -0.15) is 0 Å². The maximum Gasteiger partial charge on any atom is 0.129 e. The summed E-state index contributed by atoms with van der Waals surface area (Å²) >= 11 is 0. The molecule has 116 valence electrons. The smallest absolute Gasteiger partial charge is 0.129 e. The molecule has 1 heterocycles. The Morgan fingerprint density at radius 2 is 1.85 bits per heavy atom. The summed E-state index contributed by atoms with van der Waals surface area (Å²) in [5.74, 6) is 2.59. The van der Waals surface area contributed by atoms with Crippen LogP contribution in [0.2, 0.25) is 0 Å². The van der Waals surface area contributed by atoms with Crippen LogP contribution < -0.4 is 5.32 Å². The number of furan rings is 1. The average molecular weight is 281 g/mol. The van der Waals surface area contributed by atoms with Crippen molar-refractivity contribution in [2.24, 2.45) is 5.92 Å². The van der Waals surface area contributed by atoms with E-state index in [-0.39, 0.29) is 0 Å². The second-order valence-corrected chi connectivity index (χ2v) is 5.86. The zero-order valence-corrected chi connectivity index (χ0v) is 13.4. The number of nitrogens with one attached hydrogen (secondary N) is 1. The Kier molecular flexibility index (Phi) is 9.42. The van der Waals surface area contributed by atoms with Gasteiger partial charge in [-0.05, 0) is 31.0 Å². The third-order valence-electron chi connectivity index (χ3n) is 3.21. The van der Waals surface area contributed by atoms with E-state index in [1.54, 1.807) is 0 Å². The second-order valence-electron chi connectivity index (χ2n) is 5.86. The molecule has 0 spiro atoms. The molecular weight excluding hydrogens is 250 g/mol. The van der Waals surface area contributed by atoms with Crippen molar-refractivity contribution in [1.82, 2.24) is 5.32 Å². The van der Waals surface area contributed by atoms with E-state index < -0.39 is 0 Å². The molecular formula is C17H31NO2. The molecule has 0 aliphatic carbocycles. The van der Waals surface area contributed by atoms with Crippen molar-refractivity contribution >= 4 is 0 Å². The summed E-state index contributed by atoms with van der Waals surface area (Å²) in [6.07, 6.45) is 6.39. The van der Waals surface area contributed by atoms with E-state index in [1.807, 2.05) is 12.1 Å². The lowest BCUT2D eigenvalue weighted by Gasteiger charge is -2.05. The first-order valence-electron chi connectivity index (χ1n) is 8.08. The molecule has 0 radical (unpaired) electrons. The van der Waals surface area contributed by atoms with E-state index in [1.165, 1.54) is 25.7 Å². The van der Waals surface area contributed by atoms with Gasteiger partial charge >= 0.3 is 0 Å². The Balaban J connectivity index is 2.05. The molecule has 20 heavy (non-hydrogen) atoms. The highest BCUT2D eigenvalue weighted by Crippen LogP contribution is 2.10. The fraction of sp³-hybridized carbons (Fsp3) is 0.765. The van der Waals surface area contributed by atoms with Crippen LogP contribution in [0.4, 0.5) is 0 Å². The van der Waals surface area contributed by atoms with Crippen molar-refractivity contribution in [1.29, 1.82) is 0 Å². The lowest BCUT2D eigenvalue weighted by molar-refractivity contribution is 0.101. The van der Waals surface area contributed by atoms with E-state index in [2.05, 4.69) is 26.1 Å². The highest BCUT2D eigenvalue weighted by Gasteiger charge is 2.02. The van der Waals surface area contributed by atoms with Gasteiger partial charge in [0.05, 0.1) is 6.54 Å². The molecule has 0 amide bonds. The molecule has 0 bridgehead atoms. The van der Waals surface area contributed by atoms with Crippen molar-refractivity contribution in [3.05, 3.63) is 23.7 Å². The number of hydrogen-bond acceptors (Lipinski definition) is 3. The van der Waals surface area contributed by atoms with Gasteiger partial charge in [0.15, 0.2) is 0 Å². The predicted molar refractivity (Wildman–Crippen MR) is 83.7 cm³/mol. The van der Waals surface area contributed by atoms with Crippen LogP contribution in [0.5, 0.6) is 0 Å². The Labute approximate surface area is 124 Å².